The normalized spacial score (nSPS) is 14.4. The van der Waals surface area contributed by atoms with Crippen molar-refractivity contribution in [2.45, 2.75) is 19.8 Å². The van der Waals surface area contributed by atoms with Crippen LogP contribution in [0, 0.1) is 5.92 Å². The molecule has 92 valence electrons. The van der Waals surface area contributed by atoms with Gasteiger partial charge in [-0.1, -0.05) is 0 Å². The van der Waals surface area contributed by atoms with E-state index in [1.54, 1.807) is 12.3 Å². The maximum Gasteiger partial charge on any atom is 0.367 e. The van der Waals surface area contributed by atoms with E-state index in [1.807, 2.05) is 0 Å². The van der Waals surface area contributed by atoms with E-state index < -0.39 is 5.97 Å². The molecule has 1 fully saturated rings. The summed E-state index contributed by atoms with van der Waals surface area (Å²) in [6.45, 7) is 2.74. The van der Waals surface area contributed by atoms with Crippen LogP contribution >= 0.6 is 11.3 Å². The Morgan fingerprint density at radius 1 is 1.59 bits per heavy atom. The minimum Gasteiger partial charge on any atom is -0.461 e. The number of thiazole rings is 1. The zero-order chi connectivity index (χ0) is 12.3. The van der Waals surface area contributed by atoms with Crippen LogP contribution in [0.5, 0.6) is 0 Å². The van der Waals surface area contributed by atoms with Crippen LogP contribution in [-0.4, -0.2) is 30.0 Å². The highest BCUT2D eigenvalue weighted by molar-refractivity contribution is 7.11. The maximum absolute atomic E-state index is 11.7. The molecule has 0 saturated heterocycles. The van der Waals surface area contributed by atoms with Crippen molar-refractivity contribution in [1.29, 1.82) is 0 Å². The van der Waals surface area contributed by atoms with Crippen molar-refractivity contribution in [2.24, 2.45) is 5.92 Å². The predicted octanol–water partition coefficient (Wildman–Crippen LogP) is 1.46. The minimum atomic E-state index is -0.473. The first-order valence-electron chi connectivity index (χ1n) is 5.61. The molecule has 1 saturated carbocycles. The summed E-state index contributed by atoms with van der Waals surface area (Å²) in [6.07, 6.45) is 2.37. The largest absolute Gasteiger partial charge is 0.461 e. The molecule has 0 bridgehead atoms. The molecule has 1 amide bonds. The van der Waals surface area contributed by atoms with Crippen molar-refractivity contribution >= 4 is 23.2 Å². The number of esters is 1. The summed E-state index contributed by atoms with van der Waals surface area (Å²) in [5, 5.41) is 4.60. The third-order valence-electron chi connectivity index (χ3n) is 2.44. The van der Waals surface area contributed by atoms with Crippen LogP contribution in [0.3, 0.4) is 0 Å². The van der Waals surface area contributed by atoms with Gasteiger partial charge in [0, 0.05) is 11.9 Å². The van der Waals surface area contributed by atoms with Gasteiger partial charge < -0.3 is 10.1 Å². The van der Waals surface area contributed by atoms with Gasteiger partial charge >= 0.3 is 5.97 Å². The number of hydrogen-bond donors (Lipinski definition) is 1. The van der Waals surface area contributed by atoms with Crippen LogP contribution in [-0.2, 0) is 4.74 Å². The number of aromatic nitrogens is 1. The Morgan fingerprint density at radius 3 is 3.00 bits per heavy atom. The summed E-state index contributed by atoms with van der Waals surface area (Å²) in [4.78, 5) is 27.0. The van der Waals surface area contributed by atoms with Gasteiger partial charge in [-0.2, -0.15) is 0 Å². The van der Waals surface area contributed by atoms with Gasteiger partial charge in [-0.25, -0.2) is 9.78 Å². The molecule has 0 radical (unpaired) electrons. The molecule has 6 heteroatoms. The van der Waals surface area contributed by atoms with Crippen LogP contribution in [0.4, 0.5) is 0 Å². The maximum atomic E-state index is 11.7. The fraction of sp³-hybridized carbons (Fsp3) is 0.545. The number of nitrogens with zero attached hydrogens (tertiary/aromatic N) is 1. The van der Waals surface area contributed by atoms with Crippen molar-refractivity contribution in [2.75, 3.05) is 13.2 Å². The average molecular weight is 254 g/mol. The summed E-state index contributed by atoms with van der Waals surface area (Å²) >= 11 is 1.13. The molecule has 1 N–H and O–H groups in total. The van der Waals surface area contributed by atoms with E-state index >= 15 is 0 Å². The molecule has 17 heavy (non-hydrogen) atoms. The van der Waals surface area contributed by atoms with Gasteiger partial charge in [0.25, 0.3) is 5.91 Å². The van der Waals surface area contributed by atoms with Crippen LogP contribution < -0.4 is 5.32 Å². The first-order chi connectivity index (χ1) is 8.20. The molecule has 5 nitrogen and oxygen atoms in total. The van der Waals surface area contributed by atoms with Crippen LogP contribution in [0.15, 0.2) is 5.38 Å². The Balaban J connectivity index is 1.91. The van der Waals surface area contributed by atoms with Crippen LogP contribution in [0.25, 0.3) is 0 Å². The lowest BCUT2D eigenvalue weighted by Crippen LogP contribution is -2.25. The summed E-state index contributed by atoms with van der Waals surface area (Å²) < 4.78 is 4.81. The van der Waals surface area contributed by atoms with E-state index in [1.165, 1.54) is 12.8 Å². The van der Waals surface area contributed by atoms with Gasteiger partial charge in [0.05, 0.1) is 6.61 Å². The summed E-state index contributed by atoms with van der Waals surface area (Å²) in [7, 11) is 0. The van der Waals surface area contributed by atoms with E-state index in [2.05, 4.69) is 10.3 Å². The van der Waals surface area contributed by atoms with Crippen LogP contribution in [0.2, 0.25) is 0 Å². The molecule has 1 aliphatic rings. The highest BCUT2D eigenvalue weighted by atomic mass is 32.1. The Bertz CT molecular complexity index is 426. The second-order valence-electron chi connectivity index (χ2n) is 3.91. The standard InChI is InChI=1S/C11H14N2O3S/c1-2-16-11(15)10-13-8(6-17-10)9(14)12-5-7-3-4-7/h6-7H,2-5H2,1H3,(H,12,14). The van der Waals surface area contributed by atoms with E-state index in [0.29, 0.717) is 24.8 Å². The van der Waals surface area contributed by atoms with E-state index in [0.717, 1.165) is 11.3 Å². The van der Waals surface area contributed by atoms with E-state index in [4.69, 9.17) is 4.74 Å². The quantitative estimate of drug-likeness (QED) is 0.808. The molecule has 1 aromatic rings. The summed E-state index contributed by atoms with van der Waals surface area (Å²) in [5.41, 5.74) is 0.290. The smallest absolute Gasteiger partial charge is 0.367 e. The number of rotatable bonds is 5. The number of nitrogens with one attached hydrogen (secondary N) is 1. The van der Waals surface area contributed by atoms with Crippen molar-refractivity contribution in [3.8, 4) is 0 Å². The number of ether oxygens (including phenoxy) is 1. The SMILES string of the molecule is CCOC(=O)c1nc(C(=O)NCC2CC2)cs1. The lowest BCUT2D eigenvalue weighted by molar-refractivity contribution is 0.0526. The molecule has 1 aliphatic carbocycles. The molecule has 0 unspecified atom stereocenters. The van der Waals surface area contributed by atoms with Crippen molar-refractivity contribution in [3.63, 3.8) is 0 Å². The van der Waals surface area contributed by atoms with Gasteiger partial charge in [-0.15, -0.1) is 11.3 Å². The molecule has 0 aliphatic heterocycles. The third kappa shape index (κ3) is 3.26. The molecule has 0 spiro atoms. The molecule has 1 aromatic heterocycles. The summed E-state index contributed by atoms with van der Waals surface area (Å²) in [5.74, 6) is -0.0652. The van der Waals surface area contributed by atoms with Crippen molar-refractivity contribution in [3.05, 3.63) is 16.1 Å². The monoisotopic (exact) mass is 254 g/mol. The second-order valence-corrected chi connectivity index (χ2v) is 4.77. The molecule has 2 rings (SSSR count). The van der Waals surface area contributed by atoms with Gasteiger partial charge in [-0.3, -0.25) is 4.79 Å². The van der Waals surface area contributed by atoms with Gasteiger partial charge in [0.2, 0.25) is 5.01 Å². The Hall–Kier alpha value is -1.43. The topological polar surface area (TPSA) is 68.3 Å². The Labute approximate surface area is 103 Å². The van der Waals surface area contributed by atoms with E-state index in [-0.39, 0.29) is 10.9 Å². The molecule has 0 atom stereocenters. The molecular formula is C11H14N2O3S. The lowest BCUT2D eigenvalue weighted by Gasteiger charge is -2.00. The molecular weight excluding hydrogens is 240 g/mol. The Morgan fingerprint density at radius 2 is 2.35 bits per heavy atom. The highest BCUT2D eigenvalue weighted by Crippen LogP contribution is 2.27. The molecule has 1 heterocycles. The van der Waals surface area contributed by atoms with Gasteiger partial charge in [0.1, 0.15) is 5.69 Å². The van der Waals surface area contributed by atoms with E-state index in [9.17, 15) is 9.59 Å². The first-order valence-corrected chi connectivity index (χ1v) is 6.49. The van der Waals surface area contributed by atoms with Crippen LogP contribution in [0.1, 0.15) is 40.1 Å². The number of amides is 1. The van der Waals surface area contributed by atoms with Gasteiger partial charge in [0.15, 0.2) is 0 Å². The summed E-state index contributed by atoms with van der Waals surface area (Å²) in [6, 6.07) is 0. The number of carbonyl (C=O) groups is 2. The second kappa shape index (κ2) is 5.27. The minimum absolute atomic E-state index is 0.219. The number of carbonyl (C=O) groups excluding carboxylic acids is 2. The Kier molecular flexibility index (Phi) is 3.73. The fourth-order valence-corrected chi connectivity index (χ4v) is 2.00. The highest BCUT2D eigenvalue weighted by Gasteiger charge is 2.23. The zero-order valence-electron chi connectivity index (χ0n) is 9.56. The number of hydrogen-bond acceptors (Lipinski definition) is 5. The fourth-order valence-electron chi connectivity index (χ4n) is 1.31. The predicted molar refractivity (Wildman–Crippen MR) is 63.1 cm³/mol. The van der Waals surface area contributed by atoms with Gasteiger partial charge in [-0.05, 0) is 25.7 Å². The third-order valence-corrected chi connectivity index (χ3v) is 3.26. The molecule has 0 aromatic carbocycles. The lowest BCUT2D eigenvalue weighted by atomic mass is 10.4. The first kappa shape index (κ1) is 12.0. The zero-order valence-corrected chi connectivity index (χ0v) is 10.4. The van der Waals surface area contributed by atoms with Crippen molar-refractivity contribution in [1.82, 2.24) is 10.3 Å². The average Bonchev–Trinajstić information content (AvgIpc) is 3.01. The van der Waals surface area contributed by atoms with Crippen molar-refractivity contribution < 1.29 is 14.3 Å².